The molecule has 116 valence electrons. The zero-order valence-electron chi connectivity index (χ0n) is 13.4. The van der Waals surface area contributed by atoms with Gasteiger partial charge in [0.2, 0.25) is 0 Å². The summed E-state index contributed by atoms with van der Waals surface area (Å²) in [4.78, 5) is 11.5. The molecule has 1 aromatic heterocycles. The molecule has 0 amide bonds. The van der Waals surface area contributed by atoms with Gasteiger partial charge in [0.05, 0.1) is 0 Å². The fourth-order valence-electron chi connectivity index (χ4n) is 3.67. The van der Waals surface area contributed by atoms with Gasteiger partial charge in [-0.3, -0.25) is 0 Å². The van der Waals surface area contributed by atoms with E-state index in [9.17, 15) is 0 Å². The normalized spacial score (nSPS) is 27.9. The molecule has 1 aromatic rings. The Balaban J connectivity index is 1.83. The van der Waals surface area contributed by atoms with Crippen LogP contribution < -0.4 is 10.6 Å². The van der Waals surface area contributed by atoms with Crippen LogP contribution in [0.2, 0.25) is 0 Å². The van der Waals surface area contributed by atoms with Crippen LogP contribution in [-0.4, -0.2) is 47.1 Å². The van der Waals surface area contributed by atoms with Gasteiger partial charge >= 0.3 is 0 Å². The summed E-state index contributed by atoms with van der Waals surface area (Å²) in [6, 6.07) is 0.536. The van der Waals surface area contributed by atoms with E-state index in [1.165, 1.54) is 31.5 Å². The van der Waals surface area contributed by atoms with Gasteiger partial charge in [-0.2, -0.15) is 0 Å². The number of fused-ring (bicyclic) bond motifs is 3. The Kier molecular flexibility index (Phi) is 4.29. The number of hydrogen-bond acceptors (Lipinski definition) is 5. The van der Waals surface area contributed by atoms with Crippen molar-refractivity contribution in [2.75, 3.05) is 36.8 Å². The molecule has 1 atom stereocenters. The number of hydrogen-bond donors (Lipinski definition) is 2. The molecule has 3 saturated heterocycles. The molecule has 21 heavy (non-hydrogen) atoms. The molecule has 2 bridgehead atoms. The third kappa shape index (κ3) is 2.98. The van der Waals surface area contributed by atoms with E-state index in [1.54, 1.807) is 6.33 Å². The number of anilines is 2. The van der Waals surface area contributed by atoms with E-state index in [-0.39, 0.29) is 0 Å². The largest absolute Gasteiger partial charge is 0.370 e. The molecule has 0 aliphatic carbocycles. The van der Waals surface area contributed by atoms with E-state index in [4.69, 9.17) is 0 Å². The molecule has 0 radical (unpaired) electrons. The Morgan fingerprint density at radius 3 is 2.52 bits per heavy atom. The number of rotatable bonds is 5. The number of aromatic nitrogens is 2. The van der Waals surface area contributed by atoms with E-state index in [1.807, 2.05) is 0 Å². The fourth-order valence-corrected chi connectivity index (χ4v) is 3.67. The number of nitrogens with one attached hydrogen (secondary N) is 2. The Bertz CT molecular complexity index is 480. The minimum atomic E-state index is 0.406. The molecule has 0 saturated carbocycles. The van der Waals surface area contributed by atoms with Crippen molar-refractivity contribution in [3.8, 4) is 0 Å². The summed E-state index contributed by atoms with van der Waals surface area (Å²) < 4.78 is 0. The summed E-state index contributed by atoms with van der Waals surface area (Å²) in [7, 11) is 0. The topological polar surface area (TPSA) is 53.1 Å². The molecule has 5 nitrogen and oxygen atoms in total. The van der Waals surface area contributed by atoms with Crippen molar-refractivity contribution in [3.63, 3.8) is 0 Å². The highest BCUT2D eigenvalue weighted by atomic mass is 15.2. The first-order valence-corrected chi connectivity index (χ1v) is 8.26. The highest BCUT2D eigenvalue weighted by Gasteiger charge is 2.34. The zero-order chi connectivity index (χ0) is 14.8. The maximum absolute atomic E-state index is 4.54. The van der Waals surface area contributed by atoms with Crippen LogP contribution in [0.5, 0.6) is 0 Å². The first kappa shape index (κ1) is 14.6. The summed E-state index contributed by atoms with van der Waals surface area (Å²) in [6.07, 6.45) is 4.31. The Labute approximate surface area is 127 Å². The van der Waals surface area contributed by atoms with Gasteiger partial charge in [-0.05, 0) is 44.7 Å². The minimum Gasteiger partial charge on any atom is -0.370 e. The second-order valence-electron chi connectivity index (χ2n) is 6.56. The summed E-state index contributed by atoms with van der Waals surface area (Å²) in [5, 5.41) is 7.10. The summed E-state index contributed by atoms with van der Waals surface area (Å²) in [5.74, 6) is 3.21. The molecule has 1 unspecified atom stereocenters. The fraction of sp³-hybridized carbons (Fsp3) is 0.750. The molecule has 0 spiro atoms. The van der Waals surface area contributed by atoms with Gasteiger partial charge in [-0.25, -0.2) is 9.97 Å². The molecule has 0 aromatic carbocycles. The lowest BCUT2D eigenvalue weighted by Crippen LogP contribution is -2.53. The van der Waals surface area contributed by atoms with Gasteiger partial charge in [-0.15, -0.1) is 0 Å². The van der Waals surface area contributed by atoms with Crippen LogP contribution in [0.15, 0.2) is 6.33 Å². The van der Waals surface area contributed by atoms with Crippen molar-refractivity contribution < 1.29 is 0 Å². The summed E-state index contributed by atoms with van der Waals surface area (Å²) in [6.45, 7) is 11.1. The average molecular weight is 289 g/mol. The van der Waals surface area contributed by atoms with Gasteiger partial charge in [0.1, 0.15) is 18.0 Å². The van der Waals surface area contributed by atoms with Crippen LogP contribution in [0.3, 0.4) is 0 Å². The first-order chi connectivity index (χ1) is 10.2. The second-order valence-corrected chi connectivity index (χ2v) is 6.56. The molecule has 3 aliphatic rings. The van der Waals surface area contributed by atoms with E-state index in [0.29, 0.717) is 12.0 Å². The van der Waals surface area contributed by atoms with Crippen LogP contribution in [0, 0.1) is 5.92 Å². The van der Waals surface area contributed by atoms with Gasteiger partial charge in [0, 0.05) is 24.7 Å². The lowest BCUT2D eigenvalue weighted by Gasteiger charge is -2.45. The van der Waals surface area contributed by atoms with Crippen LogP contribution in [0.25, 0.3) is 0 Å². The molecule has 4 rings (SSSR count). The highest BCUT2D eigenvalue weighted by Crippen LogP contribution is 2.33. The molecule has 3 fully saturated rings. The van der Waals surface area contributed by atoms with E-state index in [0.717, 1.165) is 30.6 Å². The Morgan fingerprint density at radius 1 is 1.24 bits per heavy atom. The first-order valence-electron chi connectivity index (χ1n) is 8.26. The van der Waals surface area contributed by atoms with Gasteiger partial charge in [0.15, 0.2) is 0 Å². The van der Waals surface area contributed by atoms with Gasteiger partial charge < -0.3 is 15.5 Å². The van der Waals surface area contributed by atoms with E-state index < -0.39 is 0 Å². The highest BCUT2D eigenvalue weighted by molar-refractivity contribution is 5.59. The Morgan fingerprint density at radius 2 is 1.95 bits per heavy atom. The molecular formula is C16H27N5. The number of nitrogens with zero attached hydrogens (tertiary/aromatic N) is 3. The lowest BCUT2D eigenvalue weighted by molar-refractivity contribution is 0.0973. The predicted molar refractivity (Wildman–Crippen MR) is 86.9 cm³/mol. The average Bonchev–Trinajstić information content (AvgIpc) is 2.48. The second kappa shape index (κ2) is 6.18. The van der Waals surface area contributed by atoms with Crippen molar-refractivity contribution in [2.45, 2.75) is 45.6 Å². The third-order valence-electron chi connectivity index (χ3n) is 4.78. The lowest BCUT2D eigenvalue weighted by atomic mass is 9.84. The van der Waals surface area contributed by atoms with Crippen molar-refractivity contribution in [3.05, 3.63) is 11.9 Å². The van der Waals surface area contributed by atoms with E-state index >= 15 is 0 Å². The molecule has 2 N–H and O–H groups in total. The van der Waals surface area contributed by atoms with Crippen LogP contribution in [0.1, 0.15) is 45.1 Å². The van der Waals surface area contributed by atoms with Crippen LogP contribution >= 0.6 is 0 Å². The van der Waals surface area contributed by atoms with Crippen molar-refractivity contribution in [2.24, 2.45) is 5.92 Å². The zero-order valence-corrected chi connectivity index (χ0v) is 13.4. The van der Waals surface area contributed by atoms with Crippen molar-refractivity contribution in [1.82, 2.24) is 14.9 Å². The third-order valence-corrected chi connectivity index (χ3v) is 4.78. The van der Waals surface area contributed by atoms with Gasteiger partial charge in [0.25, 0.3) is 0 Å². The van der Waals surface area contributed by atoms with Gasteiger partial charge in [-0.1, -0.05) is 13.8 Å². The SMILES string of the molecule is CCNc1ncnc(NC2CN3CCC2CC3)c1C(C)C. The molecule has 3 aliphatic heterocycles. The standard InChI is InChI=1S/C16H27N5/c1-4-17-15-14(11(2)3)16(19-10-18-15)20-13-9-21-7-5-12(13)6-8-21/h10-13H,4-9H2,1-3H3,(H2,17,18,19,20). The van der Waals surface area contributed by atoms with Crippen molar-refractivity contribution >= 4 is 11.6 Å². The number of piperidine rings is 3. The molecule has 5 heteroatoms. The quantitative estimate of drug-likeness (QED) is 0.872. The van der Waals surface area contributed by atoms with Crippen LogP contribution in [0.4, 0.5) is 11.6 Å². The van der Waals surface area contributed by atoms with Crippen molar-refractivity contribution in [1.29, 1.82) is 0 Å². The summed E-state index contributed by atoms with van der Waals surface area (Å²) in [5.41, 5.74) is 1.22. The Hall–Kier alpha value is -1.36. The van der Waals surface area contributed by atoms with Crippen LogP contribution in [-0.2, 0) is 0 Å². The minimum absolute atomic E-state index is 0.406. The molecular weight excluding hydrogens is 262 g/mol. The maximum Gasteiger partial charge on any atom is 0.135 e. The van der Waals surface area contributed by atoms with E-state index in [2.05, 4.69) is 46.3 Å². The maximum atomic E-state index is 4.54. The smallest absolute Gasteiger partial charge is 0.135 e. The molecule has 4 heterocycles. The predicted octanol–water partition coefficient (Wildman–Crippen LogP) is 2.54. The summed E-state index contributed by atoms with van der Waals surface area (Å²) >= 11 is 0. The monoisotopic (exact) mass is 289 g/mol.